The highest BCUT2D eigenvalue weighted by Crippen LogP contribution is 2.16. The summed E-state index contributed by atoms with van der Waals surface area (Å²) in [5.74, 6) is 0.400. The van der Waals surface area contributed by atoms with E-state index in [1.165, 1.54) is 23.9 Å². The molecule has 2 aromatic rings. The average molecular weight is 365 g/mol. The first kappa shape index (κ1) is 19.0. The number of hydrogen-bond donors (Lipinski definition) is 2. The zero-order chi connectivity index (χ0) is 18.6. The van der Waals surface area contributed by atoms with E-state index in [1.54, 1.807) is 7.05 Å². The predicted molar refractivity (Wildman–Crippen MR) is 95.4 cm³/mol. The molecular formula is C17H23N3O4S. The fourth-order valence-electron chi connectivity index (χ4n) is 2.47. The molecule has 0 fully saturated rings. The van der Waals surface area contributed by atoms with Gasteiger partial charge in [0.1, 0.15) is 22.9 Å². The number of nitrogens with one attached hydrogen (secondary N) is 2. The molecule has 0 saturated heterocycles. The normalized spacial score (nSPS) is 11.4. The number of carbonyl (C=O) groups is 1. The van der Waals surface area contributed by atoms with Gasteiger partial charge in [-0.05, 0) is 50.2 Å². The second-order valence-corrected chi connectivity index (χ2v) is 7.69. The van der Waals surface area contributed by atoms with Crippen molar-refractivity contribution in [1.29, 1.82) is 0 Å². The third-order valence-corrected chi connectivity index (χ3v) is 5.02. The Bertz CT molecular complexity index is 852. The van der Waals surface area contributed by atoms with Crippen molar-refractivity contribution in [3.05, 3.63) is 47.3 Å². The molecule has 0 saturated carbocycles. The van der Waals surface area contributed by atoms with E-state index in [-0.39, 0.29) is 16.5 Å². The minimum absolute atomic E-state index is 0.0501. The minimum atomic E-state index is -3.58. The molecule has 136 valence electrons. The van der Waals surface area contributed by atoms with Crippen LogP contribution in [0.5, 0.6) is 5.75 Å². The van der Waals surface area contributed by atoms with E-state index >= 15 is 0 Å². The zero-order valence-electron chi connectivity index (χ0n) is 14.8. The smallest absolute Gasteiger partial charge is 0.268 e. The summed E-state index contributed by atoms with van der Waals surface area (Å²) < 4.78 is 32.9. The molecule has 1 amide bonds. The van der Waals surface area contributed by atoms with E-state index in [4.69, 9.17) is 4.74 Å². The molecule has 0 spiro atoms. The second-order valence-electron chi connectivity index (χ2n) is 5.81. The van der Waals surface area contributed by atoms with Crippen molar-refractivity contribution >= 4 is 15.9 Å². The molecule has 25 heavy (non-hydrogen) atoms. The van der Waals surface area contributed by atoms with Crippen LogP contribution >= 0.6 is 0 Å². The van der Waals surface area contributed by atoms with Crippen molar-refractivity contribution in [2.75, 3.05) is 20.2 Å². The minimum Gasteiger partial charge on any atom is -0.492 e. The Morgan fingerprint density at radius 2 is 1.80 bits per heavy atom. The molecule has 2 rings (SSSR count). The van der Waals surface area contributed by atoms with Gasteiger partial charge in [0.25, 0.3) is 5.91 Å². The molecule has 0 unspecified atom stereocenters. The van der Waals surface area contributed by atoms with Crippen molar-refractivity contribution in [1.82, 2.24) is 14.6 Å². The first-order valence-electron chi connectivity index (χ1n) is 7.82. The van der Waals surface area contributed by atoms with Crippen LogP contribution < -0.4 is 14.8 Å². The number of aryl methyl sites for hydroxylation is 3. The van der Waals surface area contributed by atoms with Gasteiger partial charge in [0.2, 0.25) is 10.0 Å². The highest BCUT2D eigenvalue weighted by molar-refractivity contribution is 7.89. The first-order chi connectivity index (χ1) is 11.7. The van der Waals surface area contributed by atoms with Gasteiger partial charge in [0.15, 0.2) is 0 Å². The van der Waals surface area contributed by atoms with Gasteiger partial charge in [-0.3, -0.25) is 4.79 Å². The molecule has 2 N–H and O–H groups in total. The number of amides is 1. The van der Waals surface area contributed by atoms with E-state index in [0.717, 1.165) is 16.9 Å². The summed E-state index contributed by atoms with van der Waals surface area (Å²) in [5.41, 5.74) is 2.49. The SMILES string of the molecule is CNS(=O)(=O)c1cc(C(=O)NCCOc2cc(C)cc(C)c2)n(C)c1. The van der Waals surface area contributed by atoms with Gasteiger partial charge in [0, 0.05) is 13.2 Å². The van der Waals surface area contributed by atoms with Gasteiger partial charge in [-0.2, -0.15) is 0 Å². The molecule has 7 nitrogen and oxygen atoms in total. The Morgan fingerprint density at radius 3 is 2.40 bits per heavy atom. The van der Waals surface area contributed by atoms with Crippen LogP contribution in [0.3, 0.4) is 0 Å². The average Bonchev–Trinajstić information content (AvgIpc) is 2.93. The number of aromatic nitrogens is 1. The van der Waals surface area contributed by atoms with Gasteiger partial charge < -0.3 is 14.6 Å². The quantitative estimate of drug-likeness (QED) is 0.725. The number of carbonyl (C=O) groups excluding carboxylic acids is 1. The lowest BCUT2D eigenvalue weighted by Gasteiger charge is -2.09. The first-order valence-corrected chi connectivity index (χ1v) is 9.30. The fraction of sp³-hybridized carbons (Fsp3) is 0.353. The van der Waals surface area contributed by atoms with Gasteiger partial charge in [-0.15, -0.1) is 0 Å². The van der Waals surface area contributed by atoms with Crippen molar-refractivity contribution in [2.24, 2.45) is 7.05 Å². The fourth-order valence-corrected chi connectivity index (χ4v) is 3.26. The van der Waals surface area contributed by atoms with Gasteiger partial charge in [-0.1, -0.05) is 6.07 Å². The summed E-state index contributed by atoms with van der Waals surface area (Å²) in [6, 6.07) is 7.26. The summed E-state index contributed by atoms with van der Waals surface area (Å²) in [6.45, 7) is 4.62. The highest BCUT2D eigenvalue weighted by Gasteiger charge is 2.18. The third-order valence-electron chi connectivity index (χ3n) is 3.64. The van der Waals surface area contributed by atoms with Crippen LogP contribution in [0.15, 0.2) is 35.4 Å². The van der Waals surface area contributed by atoms with Crippen molar-refractivity contribution in [3.8, 4) is 5.75 Å². The maximum absolute atomic E-state index is 12.2. The van der Waals surface area contributed by atoms with E-state index in [0.29, 0.717) is 13.2 Å². The third kappa shape index (κ3) is 4.83. The Hall–Kier alpha value is -2.32. The van der Waals surface area contributed by atoms with Crippen LogP contribution in [0.1, 0.15) is 21.6 Å². The molecule has 1 aromatic heterocycles. The molecule has 0 aliphatic rings. The number of ether oxygens (including phenoxy) is 1. The lowest BCUT2D eigenvalue weighted by molar-refractivity contribution is 0.0939. The molecule has 0 atom stereocenters. The van der Waals surface area contributed by atoms with Gasteiger partial charge in [-0.25, -0.2) is 13.1 Å². The highest BCUT2D eigenvalue weighted by atomic mass is 32.2. The van der Waals surface area contributed by atoms with Crippen LogP contribution in [-0.4, -0.2) is 39.1 Å². The lowest BCUT2D eigenvalue weighted by atomic mass is 10.1. The van der Waals surface area contributed by atoms with Crippen LogP contribution in [0.4, 0.5) is 0 Å². The van der Waals surface area contributed by atoms with Gasteiger partial charge in [0.05, 0.1) is 6.54 Å². The summed E-state index contributed by atoms with van der Waals surface area (Å²) in [5, 5.41) is 2.72. The van der Waals surface area contributed by atoms with Crippen LogP contribution in [-0.2, 0) is 17.1 Å². The summed E-state index contributed by atoms with van der Waals surface area (Å²) in [4.78, 5) is 12.3. The molecule has 8 heteroatoms. The Kier molecular flexibility index (Phi) is 5.86. The van der Waals surface area contributed by atoms with Crippen molar-refractivity contribution in [3.63, 3.8) is 0 Å². The molecule has 0 aliphatic carbocycles. The topological polar surface area (TPSA) is 89.4 Å². The van der Waals surface area contributed by atoms with Crippen molar-refractivity contribution < 1.29 is 17.9 Å². The van der Waals surface area contributed by atoms with Crippen LogP contribution in [0.25, 0.3) is 0 Å². The standard InChI is InChI=1S/C17H23N3O4S/c1-12-7-13(2)9-14(8-12)24-6-5-19-17(21)16-10-15(11-20(16)4)25(22,23)18-3/h7-11,18H,5-6H2,1-4H3,(H,19,21). The predicted octanol–water partition coefficient (Wildman–Crippen LogP) is 1.36. The summed E-state index contributed by atoms with van der Waals surface area (Å²) in [7, 11) is -0.632. The van der Waals surface area contributed by atoms with Crippen LogP contribution in [0, 0.1) is 13.8 Å². The number of hydrogen-bond acceptors (Lipinski definition) is 4. The van der Waals surface area contributed by atoms with E-state index in [2.05, 4.69) is 16.1 Å². The molecule has 1 heterocycles. The lowest BCUT2D eigenvalue weighted by Crippen LogP contribution is -2.29. The van der Waals surface area contributed by atoms with E-state index in [1.807, 2.05) is 26.0 Å². The van der Waals surface area contributed by atoms with Crippen LogP contribution in [0.2, 0.25) is 0 Å². The monoisotopic (exact) mass is 365 g/mol. The van der Waals surface area contributed by atoms with Crippen molar-refractivity contribution in [2.45, 2.75) is 18.7 Å². The maximum atomic E-state index is 12.2. The number of nitrogens with zero attached hydrogens (tertiary/aromatic N) is 1. The maximum Gasteiger partial charge on any atom is 0.268 e. The second kappa shape index (κ2) is 7.71. The number of rotatable bonds is 7. The van der Waals surface area contributed by atoms with Gasteiger partial charge >= 0.3 is 0 Å². The summed E-state index contributed by atoms with van der Waals surface area (Å²) in [6.07, 6.45) is 1.40. The zero-order valence-corrected chi connectivity index (χ0v) is 15.6. The molecule has 0 radical (unpaired) electrons. The Balaban J connectivity index is 1.92. The Morgan fingerprint density at radius 1 is 1.16 bits per heavy atom. The molecule has 1 aromatic carbocycles. The van der Waals surface area contributed by atoms with E-state index < -0.39 is 10.0 Å². The molecular weight excluding hydrogens is 342 g/mol. The molecule has 0 bridgehead atoms. The molecule has 0 aliphatic heterocycles. The largest absolute Gasteiger partial charge is 0.492 e. The summed E-state index contributed by atoms with van der Waals surface area (Å²) >= 11 is 0. The number of benzene rings is 1. The number of sulfonamides is 1. The Labute approximate surface area is 148 Å². The van der Waals surface area contributed by atoms with E-state index in [9.17, 15) is 13.2 Å².